The Balaban J connectivity index is 2.80. The van der Waals surface area contributed by atoms with Crippen LogP contribution in [-0.2, 0) is 6.18 Å². The van der Waals surface area contributed by atoms with Gasteiger partial charge in [0.25, 0.3) is 0 Å². The van der Waals surface area contributed by atoms with Crippen LogP contribution in [0.1, 0.15) is 12.0 Å². The van der Waals surface area contributed by atoms with Gasteiger partial charge in [-0.2, -0.15) is 18.4 Å². The van der Waals surface area contributed by atoms with E-state index in [0.29, 0.717) is 12.2 Å². The van der Waals surface area contributed by atoms with E-state index in [4.69, 9.17) is 11.0 Å². The Morgan fingerprint density at radius 1 is 1.38 bits per heavy atom. The molecule has 0 aromatic heterocycles. The third-order valence-corrected chi connectivity index (χ3v) is 1.93. The molecule has 0 aliphatic heterocycles. The molecule has 0 saturated carbocycles. The fourth-order valence-electron chi connectivity index (χ4n) is 1.15. The first-order valence-electron chi connectivity index (χ1n) is 4.52. The van der Waals surface area contributed by atoms with Gasteiger partial charge < -0.3 is 11.1 Å². The van der Waals surface area contributed by atoms with Gasteiger partial charge in [0, 0.05) is 6.54 Å². The molecule has 6 heteroatoms. The smallest absolute Gasteiger partial charge is 0.397 e. The van der Waals surface area contributed by atoms with E-state index in [1.54, 1.807) is 0 Å². The van der Waals surface area contributed by atoms with E-state index in [2.05, 4.69) is 5.32 Å². The molecule has 1 aromatic carbocycles. The third kappa shape index (κ3) is 3.05. The number of benzene rings is 1. The fourth-order valence-corrected chi connectivity index (χ4v) is 1.15. The standard InChI is InChI=1S/C10H10F3N3/c11-10(12,13)7-2-3-9(8(15)6-7)16-5-1-4-14/h2-3,6,16H,1,5,15H2. The molecule has 0 aliphatic carbocycles. The van der Waals surface area contributed by atoms with Crippen LogP contribution in [0.15, 0.2) is 18.2 Å². The minimum atomic E-state index is -4.39. The van der Waals surface area contributed by atoms with Crippen molar-refractivity contribution in [3.8, 4) is 6.07 Å². The Hall–Kier alpha value is -1.90. The highest BCUT2D eigenvalue weighted by Crippen LogP contribution is 2.32. The second-order valence-corrected chi connectivity index (χ2v) is 3.13. The number of nitriles is 1. The number of nitrogens with two attached hydrogens (primary N) is 1. The summed E-state index contributed by atoms with van der Waals surface area (Å²) in [7, 11) is 0. The molecule has 86 valence electrons. The summed E-state index contributed by atoms with van der Waals surface area (Å²) in [6.07, 6.45) is -4.13. The molecular formula is C10H10F3N3. The second kappa shape index (κ2) is 4.75. The zero-order valence-electron chi connectivity index (χ0n) is 8.30. The van der Waals surface area contributed by atoms with Crippen molar-refractivity contribution in [2.45, 2.75) is 12.6 Å². The van der Waals surface area contributed by atoms with Gasteiger partial charge >= 0.3 is 6.18 Å². The number of nitrogen functional groups attached to an aromatic ring is 1. The highest BCUT2D eigenvalue weighted by molar-refractivity contribution is 5.67. The Kier molecular flexibility index (Phi) is 3.61. The Morgan fingerprint density at radius 3 is 2.56 bits per heavy atom. The molecule has 0 unspecified atom stereocenters. The molecule has 0 aliphatic rings. The van der Waals surface area contributed by atoms with Crippen LogP contribution in [0.5, 0.6) is 0 Å². The van der Waals surface area contributed by atoms with Gasteiger partial charge in [0.1, 0.15) is 0 Å². The summed E-state index contributed by atoms with van der Waals surface area (Å²) in [4.78, 5) is 0. The van der Waals surface area contributed by atoms with Crippen LogP contribution < -0.4 is 11.1 Å². The van der Waals surface area contributed by atoms with E-state index in [-0.39, 0.29) is 12.1 Å². The summed E-state index contributed by atoms with van der Waals surface area (Å²) in [5, 5.41) is 11.1. The lowest BCUT2D eigenvalue weighted by Gasteiger charge is -2.11. The maximum Gasteiger partial charge on any atom is 0.416 e. The van der Waals surface area contributed by atoms with Crippen LogP contribution in [0.2, 0.25) is 0 Å². The zero-order chi connectivity index (χ0) is 12.2. The molecular weight excluding hydrogens is 219 g/mol. The first-order valence-corrected chi connectivity index (χ1v) is 4.52. The molecule has 0 atom stereocenters. The van der Waals surface area contributed by atoms with E-state index in [0.717, 1.165) is 12.1 Å². The summed E-state index contributed by atoms with van der Waals surface area (Å²) < 4.78 is 36.9. The molecule has 0 fully saturated rings. The van der Waals surface area contributed by atoms with E-state index in [1.165, 1.54) is 6.07 Å². The quantitative estimate of drug-likeness (QED) is 0.618. The molecule has 1 rings (SSSR count). The van der Waals surface area contributed by atoms with Crippen molar-refractivity contribution >= 4 is 11.4 Å². The first kappa shape index (κ1) is 12.2. The molecule has 1 aromatic rings. The molecule has 3 N–H and O–H groups in total. The fraction of sp³-hybridized carbons (Fsp3) is 0.300. The Morgan fingerprint density at radius 2 is 2.06 bits per heavy atom. The number of rotatable bonds is 3. The van der Waals surface area contributed by atoms with Crippen LogP contribution in [0, 0.1) is 11.3 Å². The van der Waals surface area contributed by atoms with Gasteiger partial charge in [-0.25, -0.2) is 0 Å². The summed E-state index contributed by atoms with van der Waals surface area (Å²) >= 11 is 0. The van der Waals surface area contributed by atoms with Crippen LogP contribution >= 0.6 is 0 Å². The topological polar surface area (TPSA) is 61.8 Å². The van der Waals surface area contributed by atoms with E-state index < -0.39 is 11.7 Å². The zero-order valence-corrected chi connectivity index (χ0v) is 8.30. The third-order valence-electron chi connectivity index (χ3n) is 1.93. The van der Waals surface area contributed by atoms with Crippen LogP contribution in [0.25, 0.3) is 0 Å². The number of hydrogen-bond acceptors (Lipinski definition) is 3. The SMILES string of the molecule is N#CCCNc1ccc(C(F)(F)F)cc1N. The van der Waals surface area contributed by atoms with E-state index in [1.807, 2.05) is 6.07 Å². The Bertz CT molecular complexity index is 407. The van der Waals surface area contributed by atoms with Crippen LogP contribution in [0.4, 0.5) is 24.5 Å². The van der Waals surface area contributed by atoms with Gasteiger partial charge in [-0.1, -0.05) is 0 Å². The van der Waals surface area contributed by atoms with Crippen LogP contribution in [0.3, 0.4) is 0 Å². The molecule has 0 spiro atoms. The number of anilines is 2. The highest BCUT2D eigenvalue weighted by atomic mass is 19.4. The summed E-state index contributed by atoms with van der Waals surface area (Å²) in [5.74, 6) is 0. The number of alkyl halides is 3. The molecule has 0 heterocycles. The maximum absolute atomic E-state index is 12.3. The minimum Gasteiger partial charge on any atom is -0.397 e. The molecule has 0 amide bonds. The average Bonchev–Trinajstić information content (AvgIpc) is 2.19. The molecule has 0 bridgehead atoms. The lowest BCUT2D eigenvalue weighted by atomic mass is 10.1. The average molecular weight is 229 g/mol. The Labute approximate surface area is 90.7 Å². The van der Waals surface area contributed by atoms with Crippen molar-refractivity contribution in [2.75, 3.05) is 17.6 Å². The van der Waals surface area contributed by atoms with Gasteiger partial charge in [-0.15, -0.1) is 0 Å². The van der Waals surface area contributed by atoms with E-state index >= 15 is 0 Å². The second-order valence-electron chi connectivity index (χ2n) is 3.13. The first-order chi connectivity index (χ1) is 7.45. The minimum absolute atomic E-state index is 0.0211. The monoisotopic (exact) mass is 229 g/mol. The summed E-state index contributed by atoms with van der Waals surface area (Å²) in [5.41, 5.74) is 5.10. The number of hydrogen-bond donors (Lipinski definition) is 2. The summed E-state index contributed by atoms with van der Waals surface area (Å²) in [6, 6.07) is 4.99. The van der Waals surface area contributed by atoms with Gasteiger partial charge in [-0.05, 0) is 18.2 Å². The van der Waals surface area contributed by atoms with Crippen molar-refractivity contribution < 1.29 is 13.2 Å². The lowest BCUT2D eigenvalue weighted by Crippen LogP contribution is -2.08. The normalized spacial score (nSPS) is 10.9. The van der Waals surface area contributed by atoms with Gasteiger partial charge in [-0.3, -0.25) is 0 Å². The van der Waals surface area contributed by atoms with Crippen LogP contribution in [-0.4, -0.2) is 6.54 Å². The van der Waals surface area contributed by atoms with Crippen molar-refractivity contribution in [3.05, 3.63) is 23.8 Å². The van der Waals surface area contributed by atoms with Crippen molar-refractivity contribution in [1.82, 2.24) is 0 Å². The molecule has 0 saturated heterocycles. The number of nitrogens with one attached hydrogen (secondary N) is 1. The van der Waals surface area contributed by atoms with Crippen molar-refractivity contribution in [3.63, 3.8) is 0 Å². The largest absolute Gasteiger partial charge is 0.416 e. The van der Waals surface area contributed by atoms with Gasteiger partial charge in [0.2, 0.25) is 0 Å². The molecule has 3 nitrogen and oxygen atoms in total. The lowest BCUT2D eigenvalue weighted by molar-refractivity contribution is -0.137. The predicted molar refractivity (Wildman–Crippen MR) is 54.6 cm³/mol. The highest BCUT2D eigenvalue weighted by Gasteiger charge is 2.30. The molecule has 0 radical (unpaired) electrons. The number of nitrogens with zero attached hydrogens (tertiary/aromatic N) is 1. The van der Waals surface area contributed by atoms with Crippen molar-refractivity contribution in [1.29, 1.82) is 5.26 Å². The number of halogens is 3. The summed E-state index contributed by atoms with van der Waals surface area (Å²) in [6.45, 7) is 0.353. The predicted octanol–water partition coefficient (Wildman–Crippen LogP) is 2.61. The maximum atomic E-state index is 12.3. The van der Waals surface area contributed by atoms with Gasteiger partial charge in [0.05, 0.1) is 29.4 Å². The van der Waals surface area contributed by atoms with E-state index in [9.17, 15) is 13.2 Å². The van der Waals surface area contributed by atoms with Crippen molar-refractivity contribution in [2.24, 2.45) is 0 Å². The molecule has 16 heavy (non-hydrogen) atoms. The van der Waals surface area contributed by atoms with Gasteiger partial charge in [0.15, 0.2) is 0 Å².